The van der Waals surface area contributed by atoms with E-state index in [4.69, 9.17) is 0 Å². The van der Waals surface area contributed by atoms with Gasteiger partial charge in [-0.15, -0.1) is 0 Å². The highest BCUT2D eigenvalue weighted by Crippen LogP contribution is 2.50. The standard InChI is InChI=1S/C69H51N3/c1-69(2)65-29-16-15-28-61(65)62-41-32-53(46-66(62)69)49-30-34-57(35-31-49)71(56-26-13-6-14-27-56)60-40-43-68-64(47-60)63-45-52(51-21-17-20-50(44-51)48-18-7-3-8-19-48)33-42-67(63)72(68)59-38-36-58(37-39-59)70(54-22-9-4-10-23-54)55-24-11-5-12-25-55/h3-47H,1-2H3. The summed E-state index contributed by atoms with van der Waals surface area (Å²) in [5, 5.41) is 2.38. The Labute approximate surface area is 421 Å². The lowest BCUT2D eigenvalue weighted by Crippen LogP contribution is -2.14. The third-order valence-corrected chi connectivity index (χ3v) is 14.8. The first-order valence-corrected chi connectivity index (χ1v) is 24.9. The average molecular weight is 922 g/mol. The number of anilines is 6. The minimum Gasteiger partial charge on any atom is -0.311 e. The fraction of sp³-hybridized carbons (Fsp3) is 0.0435. The maximum absolute atomic E-state index is 2.43. The van der Waals surface area contributed by atoms with Crippen molar-refractivity contribution in [1.82, 2.24) is 4.57 Å². The second kappa shape index (κ2) is 17.7. The van der Waals surface area contributed by atoms with Gasteiger partial charge in [-0.05, 0) is 171 Å². The third kappa shape index (κ3) is 7.46. The van der Waals surface area contributed by atoms with Crippen LogP contribution in [0.3, 0.4) is 0 Å². The zero-order chi connectivity index (χ0) is 48.2. The fourth-order valence-electron chi connectivity index (χ4n) is 11.2. The second-order valence-electron chi connectivity index (χ2n) is 19.4. The molecule has 0 radical (unpaired) electrons. The van der Waals surface area contributed by atoms with Crippen LogP contribution in [0.15, 0.2) is 273 Å². The Bertz CT molecular complexity index is 3870. The molecule has 342 valence electrons. The molecule has 0 saturated heterocycles. The molecule has 11 aromatic carbocycles. The fourth-order valence-corrected chi connectivity index (χ4v) is 11.2. The molecule has 0 fully saturated rings. The summed E-state index contributed by atoms with van der Waals surface area (Å²) in [5.41, 5.74) is 22.6. The van der Waals surface area contributed by atoms with E-state index in [1.54, 1.807) is 0 Å². The van der Waals surface area contributed by atoms with Crippen molar-refractivity contribution in [1.29, 1.82) is 0 Å². The topological polar surface area (TPSA) is 11.4 Å². The molecule has 1 aliphatic carbocycles. The van der Waals surface area contributed by atoms with Crippen molar-refractivity contribution >= 4 is 55.9 Å². The Hall–Kier alpha value is -9.18. The van der Waals surface area contributed by atoms with Gasteiger partial charge in [-0.1, -0.05) is 172 Å². The quantitative estimate of drug-likeness (QED) is 0.135. The van der Waals surface area contributed by atoms with Gasteiger partial charge in [-0.2, -0.15) is 0 Å². The van der Waals surface area contributed by atoms with Crippen molar-refractivity contribution in [3.05, 3.63) is 284 Å². The highest BCUT2D eigenvalue weighted by molar-refractivity contribution is 6.12. The molecule has 3 nitrogen and oxygen atoms in total. The van der Waals surface area contributed by atoms with E-state index >= 15 is 0 Å². The molecule has 3 heteroatoms. The Balaban J connectivity index is 0.936. The molecule has 0 aliphatic heterocycles. The highest BCUT2D eigenvalue weighted by Gasteiger charge is 2.35. The molecule has 1 heterocycles. The van der Waals surface area contributed by atoms with Crippen LogP contribution in [0.25, 0.3) is 72.0 Å². The van der Waals surface area contributed by atoms with Gasteiger partial charge in [0.1, 0.15) is 0 Å². The summed E-state index contributed by atoms with van der Waals surface area (Å²) in [6.07, 6.45) is 0. The molecule has 1 aromatic heterocycles. The van der Waals surface area contributed by atoms with Crippen molar-refractivity contribution < 1.29 is 0 Å². The Morgan fingerprint density at radius 1 is 0.278 bits per heavy atom. The van der Waals surface area contributed by atoms with Gasteiger partial charge in [0.2, 0.25) is 0 Å². The van der Waals surface area contributed by atoms with Crippen molar-refractivity contribution in [3.8, 4) is 50.2 Å². The van der Waals surface area contributed by atoms with Crippen LogP contribution in [0.2, 0.25) is 0 Å². The van der Waals surface area contributed by atoms with Crippen LogP contribution in [-0.2, 0) is 5.41 Å². The van der Waals surface area contributed by atoms with Crippen molar-refractivity contribution in [2.75, 3.05) is 9.80 Å². The third-order valence-electron chi connectivity index (χ3n) is 14.8. The second-order valence-corrected chi connectivity index (χ2v) is 19.4. The number of hydrogen-bond acceptors (Lipinski definition) is 2. The van der Waals surface area contributed by atoms with Crippen LogP contribution in [0.4, 0.5) is 34.1 Å². The normalized spacial score (nSPS) is 12.4. The zero-order valence-corrected chi connectivity index (χ0v) is 40.3. The number of nitrogens with zero attached hydrogens (tertiary/aromatic N) is 3. The molecule has 0 amide bonds. The molecule has 0 N–H and O–H groups in total. The maximum atomic E-state index is 2.43. The van der Waals surface area contributed by atoms with E-state index in [2.05, 4.69) is 301 Å². The number of hydrogen-bond donors (Lipinski definition) is 0. The summed E-state index contributed by atoms with van der Waals surface area (Å²) < 4.78 is 2.43. The lowest BCUT2D eigenvalue weighted by atomic mass is 9.81. The highest BCUT2D eigenvalue weighted by atomic mass is 15.1. The van der Waals surface area contributed by atoms with E-state index in [9.17, 15) is 0 Å². The predicted octanol–water partition coefficient (Wildman–Crippen LogP) is 19.0. The largest absolute Gasteiger partial charge is 0.311 e. The minimum atomic E-state index is -0.0594. The summed E-state index contributed by atoms with van der Waals surface area (Å²) >= 11 is 0. The van der Waals surface area contributed by atoms with Crippen LogP contribution < -0.4 is 9.80 Å². The van der Waals surface area contributed by atoms with Crippen LogP contribution in [0, 0.1) is 0 Å². The van der Waals surface area contributed by atoms with E-state index in [1.807, 2.05) is 0 Å². The monoisotopic (exact) mass is 921 g/mol. The van der Waals surface area contributed by atoms with Gasteiger partial charge in [-0.25, -0.2) is 0 Å². The summed E-state index contributed by atoms with van der Waals surface area (Å²) in [4.78, 5) is 4.70. The number of benzene rings is 11. The molecule has 1 aliphatic rings. The molecular formula is C69H51N3. The van der Waals surface area contributed by atoms with Gasteiger partial charge < -0.3 is 14.4 Å². The summed E-state index contributed by atoms with van der Waals surface area (Å²) in [6.45, 7) is 4.70. The summed E-state index contributed by atoms with van der Waals surface area (Å²) in [7, 11) is 0. The molecular weight excluding hydrogens is 871 g/mol. The van der Waals surface area contributed by atoms with E-state index < -0.39 is 0 Å². The van der Waals surface area contributed by atoms with Gasteiger partial charge in [0, 0.05) is 56.0 Å². The van der Waals surface area contributed by atoms with Gasteiger partial charge >= 0.3 is 0 Å². The molecule has 72 heavy (non-hydrogen) atoms. The van der Waals surface area contributed by atoms with Gasteiger partial charge in [0.25, 0.3) is 0 Å². The van der Waals surface area contributed by atoms with Crippen molar-refractivity contribution in [3.63, 3.8) is 0 Å². The van der Waals surface area contributed by atoms with E-state index in [1.165, 1.54) is 66.4 Å². The van der Waals surface area contributed by atoms with E-state index in [0.29, 0.717) is 0 Å². The summed E-state index contributed by atoms with van der Waals surface area (Å²) in [6, 6.07) is 99.5. The van der Waals surface area contributed by atoms with Gasteiger partial charge in [0.05, 0.1) is 11.0 Å². The van der Waals surface area contributed by atoms with E-state index in [-0.39, 0.29) is 5.41 Å². The van der Waals surface area contributed by atoms with Crippen molar-refractivity contribution in [2.45, 2.75) is 19.3 Å². The summed E-state index contributed by atoms with van der Waals surface area (Å²) in [5.74, 6) is 0. The number of para-hydroxylation sites is 3. The molecule has 12 aromatic rings. The lowest BCUT2D eigenvalue weighted by Gasteiger charge is -2.26. The molecule has 13 rings (SSSR count). The average Bonchev–Trinajstić information content (AvgIpc) is 3.89. The number of aromatic nitrogens is 1. The number of fused-ring (bicyclic) bond motifs is 6. The number of rotatable bonds is 10. The Kier molecular flexibility index (Phi) is 10.5. The first-order valence-electron chi connectivity index (χ1n) is 24.9. The first kappa shape index (κ1) is 42.9. The van der Waals surface area contributed by atoms with Crippen LogP contribution in [0.1, 0.15) is 25.0 Å². The van der Waals surface area contributed by atoms with Crippen LogP contribution in [-0.4, -0.2) is 4.57 Å². The zero-order valence-electron chi connectivity index (χ0n) is 40.3. The molecule has 0 bridgehead atoms. The predicted molar refractivity (Wildman–Crippen MR) is 304 cm³/mol. The van der Waals surface area contributed by atoms with Crippen LogP contribution >= 0.6 is 0 Å². The lowest BCUT2D eigenvalue weighted by molar-refractivity contribution is 0.660. The van der Waals surface area contributed by atoms with Crippen molar-refractivity contribution in [2.24, 2.45) is 0 Å². The Morgan fingerprint density at radius 3 is 1.32 bits per heavy atom. The Morgan fingerprint density at radius 2 is 0.681 bits per heavy atom. The van der Waals surface area contributed by atoms with E-state index in [0.717, 1.165) is 50.8 Å². The SMILES string of the molecule is CC1(C)c2ccccc2-c2ccc(-c3ccc(N(c4ccccc4)c4ccc5c(c4)c4cc(-c6cccc(-c7ccccc7)c6)ccc4n5-c4ccc(N(c5ccccc5)c5ccccc5)cc4)cc3)cc21. The van der Waals surface area contributed by atoms with Crippen LogP contribution in [0.5, 0.6) is 0 Å². The molecule has 0 spiro atoms. The smallest absolute Gasteiger partial charge is 0.0542 e. The first-order chi connectivity index (χ1) is 35.5. The maximum Gasteiger partial charge on any atom is 0.0542 e. The minimum absolute atomic E-state index is 0.0594. The molecule has 0 atom stereocenters. The molecule has 0 unspecified atom stereocenters. The molecule has 0 saturated carbocycles. The van der Waals surface area contributed by atoms with Gasteiger partial charge in [-0.3, -0.25) is 0 Å². The van der Waals surface area contributed by atoms with Gasteiger partial charge in [0.15, 0.2) is 0 Å².